The average molecular weight is 571 g/mol. The molecule has 1 fully saturated rings. The molecule has 1 aliphatic rings. The predicted octanol–water partition coefficient (Wildman–Crippen LogP) is 5.57. The number of hydrogen-bond acceptors (Lipinski definition) is 6. The molecule has 1 aliphatic heterocycles. The van der Waals surface area contributed by atoms with Crippen LogP contribution in [0, 0.1) is 6.92 Å². The van der Waals surface area contributed by atoms with Gasteiger partial charge in [-0.25, -0.2) is 9.59 Å². The number of carboxylic acid groups (broad SMARTS) is 2. The summed E-state index contributed by atoms with van der Waals surface area (Å²) in [5, 5.41) is 25.7. The van der Waals surface area contributed by atoms with Crippen LogP contribution in [0.15, 0.2) is 77.3 Å². The summed E-state index contributed by atoms with van der Waals surface area (Å²) in [5.74, 6) is -1.78. The lowest BCUT2D eigenvalue weighted by Gasteiger charge is -2.27. The molecule has 0 aliphatic carbocycles. The van der Waals surface area contributed by atoms with Crippen molar-refractivity contribution in [3.8, 4) is 11.3 Å². The summed E-state index contributed by atoms with van der Waals surface area (Å²) >= 11 is 5.78. The Morgan fingerprint density at radius 3 is 2.37 bits per heavy atom. The van der Waals surface area contributed by atoms with E-state index in [1.54, 1.807) is 25.3 Å². The van der Waals surface area contributed by atoms with Gasteiger partial charge in [0.05, 0.1) is 22.9 Å². The van der Waals surface area contributed by atoms with Gasteiger partial charge in [0, 0.05) is 29.6 Å². The van der Waals surface area contributed by atoms with Crippen LogP contribution in [0.4, 0.5) is 11.4 Å². The van der Waals surface area contributed by atoms with E-state index in [9.17, 15) is 24.6 Å². The number of aryl methyl sites for hydroxylation is 1. The van der Waals surface area contributed by atoms with Gasteiger partial charge in [-0.3, -0.25) is 9.78 Å². The number of amides is 1. The van der Waals surface area contributed by atoms with Crippen molar-refractivity contribution in [3.05, 3.63) is 101 Å². The monoisotopic (exact) mass is 570 g/mol. The molecule has 2 aromatic carbocycles. The zero-order valence-corrected chi connectivity index (χ0v) is 22.9. The van der Waals surface area contributed by atoms with Crippen molar-refractivity contribution in [2.24, 2.45) is 0 Å². The number of carbonyl (C=O) groups excluding carboxylic acids is 1. The van der Waals surface area contributed by atoms with E-state index in [0.717, 1.165) is 23.0 Å². The van der Waals surface area contributed by atoms with Crippen molar-refractivity contribution < 1.29 is 29.0 Å². The number of anilines is 2. The number of carboxylic acids is 2. The number of rotatable bonds is 8. The molecular formula is C30H26N4O6S. The third kappa shape index (κ3) is 5.52. The standard InChI is InChI=1S/C30H26N4O6S/c1-3-25(35)32-21-8-7-20(12-16(21)2)34-27(26(33-30(34)41)22-6-4-5-11-31-22)24-10-9-23(40-24)17-13-18(28(36)37)15-19(14-17)29(38)39/h4-15,26-27H,3H2,1-2H3,(H,32,35)(H,33,41)(H,36,37)(H,38,39). The minimum atomic E-state index is -1.25. The van der Waals surface area contributed by atoms with Gasteiger partial charge in [-0.15, -0.1) is 0 Å². The molecule has 208 valence electrons. The maximum atomic E-state index is 12.0. The Morgan fingerprint density at radius 2 is 1.76 bits per heavy atom. The number of aromatic carboxylic acids is 2. The fourth-order valence-corrected chi connectivity index (χ4v) is 5.13. The fourth-order valence-electron chi connectivity index (χ4n) is 4.78. The lowest BCUT2D eigenvalue weighted by Crippen LogP contribution is -2.29. The summed E-state index contributed by atoms with van der Waals surface area (Å²) < 4.78 is 6.28. The van der Waals surface area contributed by atoms with Crippen molar-refractivity contribution in [2.45, 2.75) is 32.4 Å². The molecule has 10 nitrogen and oxygen atoms in total. The molecule has 1 saturated heterocycles. The van der Waals surface area contributed by atoms with Gasteiger partial charge < -0.3 is 30.2 Å². The second-order valence-corrected chi connectivity index (χ2v) is 9.90. The van der Waals surface area contributed by atoms with Crippen molar-refractivity contribution in [2.75, 3.05) is 10.2 Å². The summed E-state index contributed by atoms with van der Waals surface area (Å²) in [5.41, 5.74) is 3.01. The van der Waals surface area contributed by atoms with Gasteiger partial charge in [0.2, 0.25) is 5.91 Å². The number of hydrogen-bond donors (Lipinski definition) is 4. The number of carbonyl (C=O) groups is 3. The molecular weight excluding hydrogens is 544 g/mol. The quantitative estimate of drug-likeness (QED) is 0.198. The zero-order valence-electron chi connectivity index (χ0n) is 22.1. The summed E-state index contributed by atoms with van der Waals surface area (Å²) in [6, 6.07) is 17.6. The van der Waals surface area contributed by atoms with E-state index in [-0.39, 0.29) is 17.0 Å². The van der Waals surface area contributed by atoms with E-state index in [4.69, 9.17) is 16.6 Å². The third-order valence-electron chi connectivity index (χ3n) is 6.81. The van der Waals surface area contributed by atoms with Crippen LogP contribution < -0.4 is 15.5 Å². The molecule has 2 aromatic heterocycles. The van der Waals surface area contributed by atoms with E-state index in [0.29, 0.717) is 34.3 Å². The van der Waals surface area contributed by atoms with Crippen LogP contribution in [0.2, 0.25) is 0 Å². The second kappa shape index (κ2) is 11.2. The van der Waals surface area contributed by atoms with Crippen LogP contribution in [-0.2, 0) is 4.79 Å². The highest BCUT2D eigenvalue weighted by atomic mass is 32.1. The minimum Gasteiger partial charge on any atom is -0.478 e. The zero-order chi connectivity index (χ0) is 29.3. The van der Waals surface area contributed by atoms with Gasteiger partial charge in [0.15, 0.2) is 5.11 Å². The molecule has 11 heteroatoms. The van der Waals surface area contributed by atoms with E-state index in [2.05, 4.69) is 15.6 Å². The number of furan rings is 1. The van der Waals surface area contributed by atoms with Crippen LogP contribution >= 0.6 is 12.2 Å². The first-order valence-corrected chi connectivity index (χ1v) is 13.2. The van der Waals surface area contributed by atoms with Crippen LogP contribution in [0.1, 0.15) is 63.2 Å². The summed E-state index contributed by atoms with van der Waals surface area (Å²) in [7, 11) is 0. The predicted molar refractivity (Wildman–Crippen MR) is 156 cm³/mol. The van der Waals surface area contributed by atoms with E-state index in [1.807, 2.05) is 48.2 Å². The minimum absolute atomic E-state index is 0.0894. The van der Waals surface area contributed by atoms with Gasteiger partial charge in [-0.05, 0) is 85.4 Å². The number of pyridine rings is 1. The molecule has 2 atom stereocenters. The number of nitrogens with zero attached hydrogens (tertiary/aromatic N) is 2. The third-order valence-corrected chi connectivity index (χ3v) is 7.13. The number of thiocarbonyl (C=S) groups is 1. The van der Waals surface area contributed by atoms with Gasteiger partial charge in [0.1, 0.15) is 17.6 Å². The van der Waals surface area contributed by atoms with Gasteiger partial charge in [-0.2, -0.15) is 0 Å². The Bertz CT molecular complexity index is 1640. The SMILES string of the molecule is CCC(=O)Nc1ccc(N2C(=S)NC(c3ccccn3)C2c2ccc(-c3cc(C(=O)O)cc(C(=O)O)c3)o2)cc1C. The normalized spacial score (nSPS) is 16.3. The van der Waals surface area contributed by atoms with E-state index in [1.165, 1.54) is 12.1 Å². The molecule has 2 unspecified atom stereocenters. The molecule has 41 heavy (non-hydrogen) atoms. The smallest absolute Gasteiger partial charge is 0.335 e. The molecule has 4 aromatic rings. The van der Waals surface area contributed by atoms with Crippen molar-refractivity contribution >= 4 is 46.6 Å². The highest BCUT2D eigenvalue weighted by Gasteiger charge is 2.42. The first-order valence-electron chi connectivity index (χ1n) is 12.8. The number of nitrogens with one attached hydrogen (secondary N) is 2. The van der Waals surface area contributed by atoms with Crippen molar-refractivity contribution in [1.29, 1.82) is 0 Å². The number of benzene rings is 2. The molecule has 0 spiro atoms. The van der Waals surface area contributed by atoms with Crippen LogP contribution in [-0.4, -0.2) is 38.2 Å². The lowest BCUT2D eigenvalue weighted by atomic mass is 10.0. The molecule has 0 radical (unpaired) electrons. The Labute approximate surface area is 240 Å². The molecule has 5 rings (SSSR count). The van der Waals surface area contributed by atoms with Crippen molar-refractivity contribution in [1.82, 2.24) is 10.3 Å². The highest BCUT2D eigenvalue weighted by Crippen LogP contribution is 2.43. The average Bonchev–Trinajstić information content (AvgIpc) is 3.59. The van der Waals surface area contributed by atoms with Gasteiger partial charge in [-0.1, -0.05) is 13.0 Å². The van der Waals surface area contributed by atoms with Crippen LogP contribution in [0.5, 0.6) is 0 Å². The van der Waals surface area contributed by atoms with Crippen molar-refractivity contribution in [3.63, 3.8) is 0 Å². The first kappa shape index (κ1) is 27.5. The molecule has 0 saturated carbocycles. The Hall–Kier alpha value is -5.03. The summed E-state index contributed by atoms with van der Waals surface area (Å²) in [6.07, 6.45) is 2.05. The van der Waals surface area contributed by atoms with Gasteiger partial charge >= 0.3 is 11.9 Å². The Kier molecular flexibility index (Phi) is 7.54. The second-order valence-electron chi connectivity index (χ2n) is 9.51. The van der Waals surface area contributed by atoms with E-state index >= 15 is 0 Å². The summed E-state index contributed by atoms with van der Waals surface area (Å²) in [4.78, 5) is 41.7. The van der Waals surface area contributed by atoms with Crippen LogP contribution in [0.25, 0.3) is 11.3 Å². The summed E-state index contributed by atoms with van der Waals surface area (Å²) in [6.45, 7) is 3.68. The first-order chi connectivity index (χ1) is 19.7. The fraction of sp³-hybridized carbons (Fsp3) is 0.167. The number of aromatic nitrogens is 1. The molecule has 3 heterocycles. The molecule has 1 amide bonds. The maximum Gasteiger partial charge on any atom is 0.335 e. The highest BCUT2D eigenvalue weighted by molar-refractivity contribution is 7.80. The topological polar surface area (TPSA) is 145 Å². The Morgan fingerprint density at radius 1 is 1.02 bits per heavy atom. The Balaban J connectivity index is 1.59. The maximum absolute atomic E-state index is 12.0. The van der Waals surface area contributed by atoms with Gasteiger partial charge in [0.25, 0.3) is 0 Å². The van der Waals surface area contributed by atoms with Crippen LogP contribution in [0.3, 0.4) is 0 Å². The largest absolute Gasteiger partial charge is 0.478 e. The van der Waals surface area contributed by atoms with E-state index < -0.39 is 24.0 Å². The molecule has 0 bridgehead atoms. The lowest BCUT2D eigenvalue weighted by molar-refractivity contribution is -0.115. The molecule has 4 N–H and O–H groups in total.